The number of rotatable bonds is 7. The van der Waals surface area contributed by atoms with Gasteiger partial charge in [-0.25, -0.2) is 0 Å². The molecule has 0 amide bonds. The van der Waals surface area contributed by atoms with Gasteiger partial charge in [0.15, 0.2) is 11.5 Å². The lowest BCUT2D eigenvalue weighted by atomic mass is 10.1. The van der Waals surface area contributed by atoms with Gasteiger partial charge in [-0.15, -0.1) is 11.8 Å². The van der Waals surface area contributed by atoms with E-state index in [1.165, 1.54) is 11.3 Å². The Morgan fingerprint density at radius 2 is 1.95 bits per heavy atom. The van der Waals surface area contributed by atoms with Crippen LogP contribution in [0.1, 0.15) is 26.7 Å². The molecule has 112 valence electrons. The maximum atomic E-state index is 5.71. The molecule has 0 bridgehead atoms. The molecule has 0 saturated heterocycles. The Hall–Kier alpha value is -0.870. The van der Waals surface area contributed by atoms with Crippen molar-refractivity contribution in [3.63, 3.8) is 0 Å². The first-order chi connectivity index (χ1) is 9.75. The van der Waals surface area contributed by atoms with Crippen molar-refractivity contribution in [2.45, 2.75) is 31.6 Å². The summed E-state index contributed by atoms with van der Waals surface area (Å²) in [4.78, 5) is 1.25. The minimum atomic E-state index is 0.748. The van der Waals surface area contributed by atoms with Gasteiger partial charge in [0.05, 0.1) is 13.2 Å². The van der Waals surface area contributed by atoms with Crippen LogP contribution in [0.2, 0.25) is 0 Å². The highest BCUT2D eigenvalue weighted by molar-refractivity contribution is 7.99. The minimum absolute atomic E-state index is 0.748. The van der Waals surface area contributed by atoms with Crippen LogP contribution in [0.25, 0.3) is 0 Å². The van der Waals surface area contributed by atoms with Crippen molar-refractivity contribution >= 4 is 11.8 Å². The molecule has 0 aromatic heterocycles. The van der Waals surface area contributed by atoms with Crippen LogP contribution >= 0.6 is 11.8 Å². The number of benzene rings is 1. The van der Waals surface area contributed by atoms with Crippen molar-refractivity contribution in [2.24, 2.45) is 5.92 Å². The Balaban J connectivity index is 1.72. The number of thioether (sulfide) groups is 1. The van der Waals surface area contributed by atoms with E-state index in [-0.39, 0.29) is 0 Å². The first-order valence-corrected chi connectivity index (χ1v) is 8.47. The van der Waals surface area contributed by atoms with Crippen molar-refractivity contribution in [3.8, 4) is 11.5 Å². The molecule has 1 N–H and O–H groups in total. The molecule has 3 nitrogen and oxygen atoms in total. The van der Waals surface area contributed by atoms with Crippen LogP contribution in [-0.2, 0) is 0 Å². The van der Waals surface area contributed by atoms with E-state index >= 15 is 0 Å². The lowest BCUT2D eigenvalue weighted by Gasteiger charge is -2.10. The Labute approximate surface area is 126 Å². The summed E-state index contributed by atoms with van der Waals surface area (Å²) in [6.07, 6.45) is 2.20. The third kappa shape index (κ3) is 5.25. The fourth-order valence-corrected chi connectivity index (χ4v) is 2.83. The lowest BCUT2D eigenvalue weighted by molar-refractivity contribution is 0.297. The van der Waals surface area contributed by atoms with Gasteiger partial charge < -0.3 is 14.8 Å². The third-order valence-electron chi connectivity index (χ3n) is 3.17. The largest absolute Gasteiger partial charge is 0.490 e. The summed E-state index contributed by atoms with van der Waals surface area (Å²) in [6.45, 7) is 8.17. The van der Waals surface area contributed by atoms with E-state index in [1.807, 2.05) is 17.8 Å². The molecule has 0 spiro atoms. The normalized spacial score (nSPS) is 14.3. The third-order valence-corrected chi connectivity index (χ3v) is 4.16. The van der Waals surface area contributed by atoms with Crippen molar-refractivity contribution < 1.29 is 9.47 Å². The number of hydrogen-bond donors (Lipinski definition) is 1. The van der Waals surface area contributed by atoms with Crippen molar-refractivity contribution in [3.05, 3.63) is 18.2 Å². The molecular formula is C16H25NO2S. The predicted molar refractivity (Wildman–Crippen MR) is 85.1 cm³/mol. The second-order valence-electron chi connectivity index (χ2n) is 5.44. The van der Waals surface area contributed by atoms with Crippen molar-refractivity contribution in [1.82, 2.24) is 5.32 Å². The van der Waals surface area contributed by atoms with Gasteiger partial charge in [0, 0.05) is 23.6 Å². The highest BCUT2D eigenvalue weighted by Crippen LogP contribution is 2.33. The predicted octanol–water partition coefficient (Wildman–Crippen LogP) is 3.58. The SMILES string of the molecule is CC(C)CCNCCSc1ccc2c(c1)OCCCO2. The molecule has 0 aliphatic carbocycles. The number of fused-ring (bicyclic) bond motifs is 1. The van der Waals surface area contributed by atoms with E-state index in [4.69, 9.17) is 9.47 Å². The average Bonchev–Trinajstić information content (AvgIpc) is 2.67. The topological polar surface area (TPSA) is 30.5 Å². The molecular weight excluding hydrogens is 270 g/mol. The molecule has 2 rings (SSSR count). The van der Waals surface area contributed by atoms with E-state index in [0.29, 0.717) is 0 Å². The van der Waals surface area contributed by atoms with E-state index in [1.54, 1.807) is 0 Å². The van der Waals surface area contributed by atoms with Gasteiger partial charge in [0.25, 0.3) is 0 Å². The molecule has 1 aromatic carbocycles. The van der Waals surface area contributed by atoms with Gasteiger partial charge >= 0.3 is 0 Å². The second kappa shape index (κ2) is 8.42. The van der Waals surface area contributed by atoms with E-state index in [9.17, 15) is 0 Å². The van der Waals surface area contributed by atoms with Crippen LogP contribution in [-0.4, -0.2) is 32.1 Å². The monoisotopic (exact) mass is 295 g/mol. The molecule has 0 unspecified atom stereocenters. The maximum Gasteiger partial charge on any atom is 0.162 e. The maximum absolute atomic E-state index is 5.71. The van der Waals surface area contributed by atoms with Crippen LogP contribution in [0.4, 0.5) is 0 Å². The van der Waals surface area contributed by atoms with Gasteiger partial charge in [-0.1, -0.05) is 13.8 Å². The molecule has 1 aliphatic rings. The lowest BCUT2D eigenvalue weighted by Crippen LogP contribution is -2.19. The van der Waals surface area contributed by atoms with Crippen molar-refractivity contribution in [1.29, 1.82) is 0 Å². The summed E-state index contributed by atoms with van der Waals surface area (Å²) in [6, 6.07) is 6.24. The fourth-order valence-electron chi connectivity index (χ4n) is 1.99. The molecule has 1 heterocycles. The summed E-state index contributed by atoms with van der Waals surface area (Å²) < 4.78 is 11.3. The Morgan fingerprint density at radius 3 is 2.75 bits per heavy atom. The summed E-state index contributed by atoms with van der Waals surface area (Å²) >= 11 is 1.86. The van der Waals surface area contributed by atoms with Crippen LogP contribution in [0.5, 0.6) is 11.5 Å². The minimum Gasteiger partial charge on any atom is -0.490 e. The van der Waals surface area contributed by atoms with Crippen LogP contribution in [0.15, 0.2) is 23.1 Å². The number of ether oxygens (including phenoxy) is 2. The number of nitrogens with one attached hydrogen (secondary N) is 1. The van der Waals surface area contributed by atoms with Crippen LogP contribution in [0, 0.1) is 5.92 Å². The van der Waals surface area contributed by atoms with Gasteiger partial charge in [0.2, 0.25) is 0 Å². The molecule has 0 fully saturated rings. The van der Waals surface area contributed by atoms with Crippen LogP contribution in [0.3, 0.4) is 0 Å². The van der Waals surface area contributed by atoms with Gasteiger partial charge in [0.1, 0.15) is 0 Å². The van der Waals surface area contributed by atoms with Gasteiger partial charge in [-0.2, -0.15) is 0 Å². The standard InChI is InChI=1S/C16H25NO2S/c1-13(2)6-7-17-8-11-20-14-4-5-15-16(12-14)19-10-3-9-18-15/h4-5,12-13,17H,3,6-11H2,1-2H3. The first kappa shape index (κ1) is 15.5. The Kier molecular flexibility index (Phi) is 6.54. The van der Waals surface area contributed by atoms with Crippen molar-refractivity contribution in [2.75, 3.05) is 32.1 Å². The molecule has 1 aromatic rings. The number of hydrogen-bond acceptors (Lipinski definition) is 4. The summed E-state index contributed by atoms with van der Waals surface area (Å²) in [7, 11) is 0. The zero-order chi connectivity index (χ0) is 14.2. The molecule has 1 aliphatic heterocycles. The molecule has 4 heteroatoms. The summed E-state index contributed by atoms with van der Waals surface area (Å²) in [5.41, 5.74) is 0. The van der Waals surface area contributed by atoms with E-state index in [2.05, 4.69) is 31.3 Å². The second-order valence-corrected chi connectivity index (χ2v) is 6.61. The summed E-state index contributed by atoms with van der Waals surface area (Å²) in [5, 5.41) is 3.48. The smallest absolute Gasteiger partial charge is 0.162 e. The van der Waals surface area contributed by atoms with Gasteiger partial charge in [-0.3, -0.25) is 0 Å². The molecule has 0 saturated carbocycles. The van der Waals surface area contributed by atoms with Gasteiger partial charge in [-0.05, 0) is 37.1 Å². The zero-order valence-electron chi connectivity index (χ0n) is 12.5. The summed E-state index contributed by atoms with van der Waals surface area (Å²) in [5.74, 6) is 3.62. The Bertz CT molecular complexity index is 409. The molecule has 20 heavy (non-hydrogen) atoms. The Morgan fingerprint density at radius 1 is 1.15 bits per heavy atom. The highest BCUT2D eigenvalue weighted by atomic mass is 32.2. The average molecular weight is 295 g/mol. The quantitative estimate of drug-likeness (QED) is 0.615. The highest BCUT2D eigenvalue weighted by Gasteiger charge is 2.10. The van der Waals surface area contributed by atoms with Crippen LogP contribution < -0.4 is 14.8 Å². The molecule has 0 atom stereocenters. The fraction of sp³-hybridized carbons (Fsp3) is 0.625. The first-order valence-electron chi connectivity index (χ1n) is 7.49. The molecule has 0 radical (unpaired) electrons. The zero-order valence-corrected chi connectivity index (χ0v) is 13.3. The van der Waals surface area contributed by atoms with E-state index in [0.717, 1.165) is 55.9 Å². The van der Waals surface area contributed by atoms with E-state index < -0.39 is 0 Å².